The van der Waals surface area contributed by atoms with Gasteiger partial charge in [0.1, 0.15) is 0 Å². The fourth-order valence-corrected chi connectivity index (χ4v) is 4.52. The molecular weight excluding hydrogens is 280 g/mol. The lowest BCUT2D eigenvalue weighted by Crippen LogP contribution is -2.48. The number of piperidine rings is 1. The molecule has 1 aliphatic carbocycles. The number of carboxylic acids is 1. The first-order valence-electron chi connectivity index (χ1n) is 7.49. The molecule has 0 spiro atoms. The Bertz CT molecular complexity index is 422. The van der Waals surface area contributed by atoms with Crippen molar-refractivity contribution in [2.45, 2.75) is 57.4 Å². The monoisotopic (exact) mass is 304 g/mol. The molecule has 1 aliphatic heterocycles. The number of rotatable bonds is 4. The van der Waals surface area contributed by atoms with Gasteiger partial charge in [-0.1, -0.05) is 25.7 Å². The summed E-state index contributed by atoms with van der Waals surface area (Å²) in [6.45, 7) is 0.609. The Hall–Kier alpha value is -0.660. The fraction of sp³-hybridized carbons (Fsp3) is 0.923. The van der Waals surface area contributed by atoms with E-state index in [2.05, 4.69) is 4.72 Å². The lowest BCUT2D eigenvalue weighted by atomic mass is 9.99. The maximum absolute atomic E-state index is 12.3. The molecule has 20 heavy (non-hydrogen) atoms. The fourth-order valence-electron chi connectivity index (χ4n) is 3.03. The van der Waals surface area contributed by atoms with Gasteiger partial charge in [0, 0.05) is 19.1 Å². The Kier molecular flexibility index (Phi) is 5.40. The first kappa shape index (κ1) is 15.7. The van der Waals surface area contributed by atoms with Gasteiger partial charge in [0.2, 0.25) is 0 Å². The number of nitrogens with one attached hydrogen (secondary N) is 1. The molecule has 1 saturated heterocycles. The molecule has 1 saturated carbocycles. The summed E-state index contributed by atoms with van der Waals surface area (Å²) in [6, 6.07) is 0.0414. The van der Waals surface area contributed by atoms with E-state index in [-0.39, 0.29) is 6.04 Å². The van der Waals surface area contributed by atoms with Crippen molar-refractivity contribution in [1.82, 2.24) is 9.03 Å². The summed E-state index contributed by atoms with van der Waals surface area (Å²) in [6.07, 6.45) is 7.14. The molecule has 116 valence electrons. The van der Waals surface area contributed by atoms with Crippen LogP contribution in [0.5, 0.6) is 0 Å². The van der Waals surface area contributed by atoms with Gasteiger partial charge in [-0.3, -0.25) is 4.79 Å². The van der Waals surface area contributed by atoms with E-state index in [4.69, 9.17) is 5.11 Å². The summed E-state index contributed by atoms with van der Waals surface area (Å²) < 4.78 is 28.8. The first-order chi connectivity index (χ1) is 9.49. The van der Waals surface area contributed by atoms with Crippen molar-refractivity contribution in [3.05, 3.63) is 0 Å². The Balaban J connectivity index is 1.88. The van der Waals surface area contributed by atoms with Crippen LogP contribution in [0.4, 0.5) is 0 Å². The average molecular weight is 304 g/mol. The molecule has 7 heteroatoms. The molecule has 0 aromatic carbocycles. The Morgan fingerprint density at radius 3 is 2.05 bits per heavy atom. The van der Waals surface area contributed by atoms with Crippen LogP contribution >= 0.6 is 0 Å². The molecule has 0 radical (unpaired) electrons. The highest BCUT2D eigenvalue weighted by Crippen LogP contribution is 2.22. The van der Waals surface area contributed by atoms with Crippen LogP contribution in [-0.4, -0.2) is 42.9 Å². The minimum atomic E-state index is -3.46. The van der Waals surface area contributed by atoms with Crippen molar-refractivity contribution in [3.8, 4) is 0 Å². The zero-order valence-corrected chi connectivity index (χ0v) is 12.6. The summed E-state index contributed by atoms with van der Waals surface area (Å²) in [7, 11) is -3.46. The smallest absolute Gasteiger partial charge is 0.306 e. The van der Waals surface area contributed by atoms with Gasteiger partial charge in [-0.2, -0.15) is 17.4 Å². The Morgan fingerprint density at radius 2 is 1.55 bits per heavy atom. The van der Waals surface area contributed by atoms with Crippen LogP contribution < -0.4 is 4.72 Å². The van der Waals surface area contributed by atoms with Crippen LogP contribution in [-0.2, 0) is 15.0 Å². The molecule has 2 N–H and O–H groups in total. The second-order valence-electron chi connectivity index (χ2n) is 5.82. The third kappa shape index (κ3) is 4.17. The van der Waals surface area contributed by atoms with Crippen LogP contribution in [0.2, 0.25) is 0 Å². The summed E-state index contributed by atoms with van der Waals surface area (Å²) in [4.78, 5) is 10.9. The molecule has 0 aromatic heterocycles. The molecule has 2 aliphatic rings. The van der Waals surface area contributed by atoms with E-state index < -0.39 is 22.1 Å². The summed E-state index contributed by atoms with van der Waals surface area (Å²) in [5.41, 5.74) is 0. The van der Waals surface area contributed by atoms with Crippen LogP contribution in [0.1, 0.15) is 51.4 Å². The molecule has 1 heterocycles. The van der Waals surface area contributed by atoms with E-state index in [1.807, 2.05) is 0 Å². The number of hydrogen-bond donors (Lipinski definition) is 2. The van der Waals surface area contributed by atoms with Crippen LogP contribution in [0.3, 0.4) is 0 Å². The minimum absolute atomic E-state index is 0.0414. The first-order valence-corrected chi connectivity index (χ1v) is 8.93. The van der Waals surface area contributed by atoms with Gasteiger partial charge in [-0.15, -0.1) is 0 Å². The molecule has 0 bridgehead atoms. The van der Waals surface area contributed by atoms with E-state index >= 15 is 0 Å². The predicted octanol–water partition coefficient (Wildman–Crippen LogP) is 1.34. The highest BCUT2D eigenvalue weighted by atomic mass is 32.2. The Labute approximate surface area is 120 Å². The quantitative estimate of drug-likeness (QED) is 0.767. The van der Waals surface area contributed by atoms with Gasteiger partial charge in [-0.05, 0) is 25.7 Å². The molecule has 0 aromatic rings. The molecule has 2 fully saturated rings. The van der Waals surface area contributed by atoms with E-state index in [9.17, 15) is 13.2 Å². The molecule has 0 atom stereocenters. The van der Waals surface area contributed by atoms with Gasteiger partial charge < -0.3 is 5.11 Å². The second kappa shape index (κ2) is 6.87. The zero-order chi connectivity index (χ0) is 14.6. The summed E-state index contributed by atoms with van der Waals surface area (Å²) in [5.74, 6) is -1.22. The zero-order valence-electron chi connectivity index (χ0n) is 11.8. The lowest BCUT2D eigenvalue weighted by Gasteiger charge is -2.30. The van der Waals surface area contributed by atoms with Crippen molar-refractivity contribution in [3.63, 3.8) is 0 Å². The number of carbonyl (C=O) groups is 1. The molecular formula is C13H24N2O4S. The maximum Gasteiger partial charge on any atom is 0.306 e. The molecule has 0 unspecified atom stereocenters. The SMILES string of the molecule is O=C(O)C1CCN(S(=O)(=O)NC2CCCCCC2)CC1. The summed E-state index contributed by atoms with van der Waals surface area (Å²) in [5, 5.41) is 8.94. The topological polar surface area (TPSA) is 86.7 Å². The van der Waals surface area contributed by atoms with Crippen LogP contribution in [0, 0.1) is 5.92 Å². The maximum atomic E-state index is 12.3. The van der Waals surface area contributed by atoms with Crippen molar-refractivity contribution in [2.24, 2.45) is 5.92 Å². The van der Waals surface area contributed by atoms with Crippen LogP contribution in [0.15, 0.2) is 0 Å². The average Bonchev–Trinajstić information content (AvgIpc) is 2.67. The lowest BCUT2D eigenvalue weighted by molar-refractivity contribution is -0.142. The van der Waals surface area contributed by atoms with Gasteiger partial charge in [-0.25, -0.2) is 0 Å². The van der Waals surface area contributed by atoms with Crippen molar-refractivity contribution < 1.29 is 18.3 Å². The summed E-state index contributed by atoms with van der Waals surface area (Å²) >= 11 is 0. The van der Waals surface area contributed by atoms with Crippen molar-refractivity contribution >= 4 is 16.2 Å². The van der Waals surface area contributed by atoms with Crippen molar-refractivity contribution in [1.29, 1.82) is 0 Å². The molecule has 2 rings (SSSR count). The van der Waals surface area contributed by atoms with Gasteiger partial charge in [0.15, 0.2) is 0 Å². The Morgan fingerprint density at radius 1 is 1.00 bits per heavy atom. The van der Waals surface area contributed by atoms with E-state index in [1.54, 1.807) is 0 Å². The molecule has 0 amide bonds. The number of aliphatic carboxylic acids is 1. The standard InChI is InChI=1S/C13H24N2O4S/c16-13(17)11-7-9-15(10-8-11)20(18,19)14-12-5-3-1-2-4-6-12/h11-12,14H,1-10H2,(H,16,17). The highest BCUT2D eigenvalue weighted by molar-refractivity contribution is 7.87. The number of nitrogens with zero attached hydrogens (tertiary/aromatic N) is 1. The highest BCUT2D eigenvalue weighted by Gasteiger charge is 2.32. The normalized spacial score (nSPS) is 24.4. The number of hydrogen-bond acceptors (Lipinski definition) is 3. The van der Waals surface area contributed by atoms with E-state index in [0.717, 1.165) is 25.7 Å². The van der Waals surface area contributed by atoms with Gasteiger partial charge in [0.05, 0.1) is 5.92 Å². The minimum Gasteiger partial charge on any atom is -0.481 e. The number of carboxylic acid groups (broad SMARTS) is 1. The third-order valence-electron chi connectivity index (χ3n) is 4.31. The van der Waals surface area contributed by atoms with E-state index in [0.29, 0.717) is 25.9 Å². The predicted molar refractivity (Wildman–Crippen MR) is 75.5 cm³/mol. The largest absolute Gasteiger partial charge is 0.481 e. The van der Waals surface area contributed by atoms with Crippen LogP contribution in [0.25, 0.3) is 0 Å². The molecule has 6 nitrogen and oxygen atoms in total. The van der Waals surface area contributed by atoms with Gasteiger partial charge in [0.25, 0.3) is 10.2 Å². The third-order valence-corrected chi connectivity index (χ3v) is 5.99. The second-order valence-corrected chi connectivity index (χ2v) is 7.53. The van der Waals surface area contributed by atoms with Crippen molar-refractivity contribution in [2.75, 3.05) is 13.1 Å². The van der Waals surface area contributed by atoms with Gasteiger partial charge >= 0.3 is 5.97 Å². The van der Waals surface area contributed by atoms with E-state index in [1.165, 1.54) is 17.1 Å².